The number of thiophene rings is 2. The van der Waals surface area contributed by atoms with Crippen LogP contribution in [0.1, 0.15) is 28.8 Å². The lowest BCUT2D eigenvalue weighted by molar-refractivity contribution is -0.116. The lowest BCUT2D eigenvalue weighted by atomic mass is 10.1. The lowest BCUT2D eigenvalue weighted by Crippen LogP contribution is -2.14. The van der Waals surface area contributed by atoms with E-state index in [0.29, 0.717) is 30.0 Å². The molecule has 0 fully saturated rings. The van der Waals surface area contributed by atoms with Crippen molar-refractivity contribution in [3.05, 3.63) is 58.3 Å². The van der Waals surface area contributed by atoms with Gasteiger partial charge in [0.2, 0.25) is 5.91 Å². The van der Waals surface area contributed by atoms with Gasteiger partial charge < -0.3 is 14.8 Å². The summed E-state index contributed by atoms with van der Waals surface area (Å²) in [6, 6.07) is 11.7. The Morgan fingerprint density at radius 3 is 2.57 bits per heavy atom. The molecule has 7 heteroatoms. The van der Waals surface area contributed by atoms with Crippen molar-refractivity contribution >= 4 is 39.6 Å². The van der Waals surface area contributed by atoms with Gasteiger partial charge in [-0.15, -0.1) is 22.7 Å². The zero-order chi connectivity index (χ0) is 19.9. The van der Waals surface area contributed by atoms with Crippen molar-refractivity contribution in [2.24, 2.45) is 0 Å². The predicted molar refractivity (Wildman–Crippen MR) is 114 cm³/mol. The number of aryl methyl sites for hydroxylation is 1. The van der Waals surface area contributed by atoms with Gasteiger partial charge >= 0.3 is 5.97 Å². The second kappa shape index (κ2) is 9.52. The van der Waals surface area contributed by atoms with Gasteiger partial charge in [0.1, 0.15) is 16.3 Å². The van der Waals surface area contributed by atoms with Crippen LogP contribution in [0.4, 0.5) is 5.00 Å². The van der Waals surface area contributed by atoms with Crippen LogP contribution in [0.25, 0.3) is 10.4 Å². The molecule has 3 aromatic rings. The molecule has 146 valence electrons. The Hall–Kier alpha value is -2.64. The van der Waals surface area contributed by atoms with Crippen molar-refractivity contribution < 1.29 is 19.1 Å². The Balaban J connectivity index is 1.57. The fraction of sp³-hybridized carbons (Fsp3) is 0.238. The maximum absolute atomic E-state index is 12.3. The molecule has 0 unspecified atom stereocenters. The molecule has 0 aliphatic carbocycles. The molecule has 0 radical (unpaired) electrons. The van der Waals surface area contributed by atoms with E-state index in [2.05, 4.69) is 5.32 Å². The third-order valence-corrected chi connectivity index (χ3v) is 5.86. The van der Waals surface area contributed by atoms with Crippen LogP contribution in [0.5, 0.6) is 5.75 Å². The molecule has 1 aromatic carbocycles. The summed E-state index contributed by atoms with van der Waals surface area (Å²) < 4.78 is 10.6. The highest BCUT2D eigenvalue weighted by atomic mass is 32.1. The molecule has 0 bridgehead atoms. The number of methoxy groups -OCH3 is 1. The Labute approximate surface area is 171 Å². The van der Waals surface area contributed by atoms with Crippen molar-refractivity contribution in [1.29, 1.82) is 0 Å². The normalized spacial score (nSPS) is 10.5. The molecule has 0 spiro atoms. The van der Waals surface area contributed by atoms with Crippen molar-refractivity contribution in [3.8, 4) is 16.2 Å². The van der Waals surface area contributed by atoms with E-state index in [-0.39, 0.29) is 5.91 Å². The van der Waals surface area contributed by atoms with E-state index >= 15 is 0 Å². The van der Waals surface area contributed by atoms with E-state index in [1.807, 2.05) is 54.1 Å². The van der Waals surface area contributed by atoms with Gasteiger partial charge in [0.25, 0.3) is 0 Å². The number of ether oxygens (including phenoxy) is 2. The zero-order valence-corrected chi connectivity index (χ0v) is 17.3. The molecule has 1 N–H and O–H groups in total. The van der Waals surface area contributed by atoms with Crippen LogP contribution >= 0.6 is 22.7 Å². The quantitative estimate of drug-likeness (QED) is 0.397. The van der Waals surface area contributed by atoms with Crippen LogP contribution in [0.2, 0.25) is 0 Å². The molecule has 5 nitrogen and oxygen atoms in total. The van der Waals surface area contributed by atoms with Gasteiger partial charge in [0.05, 0.1) is 13.7 Å². The monoisotopic (exact) mass is 415 g/mol. The maximum atomic E-state index is 12.3. The van der Waals surface area contributed by atoms with Crippen LogP contribution < -0.4 is 10.1 Å². The van der Waals surface area contributed by atoms with Gasteiger partial charge in [-0.05, 0) is 36.9 Å². The van der Waals surface area contributed by atoms with Gasteiger partial charge in [-0.1, -0.05) is 23.8 Å². The van der Waals surface area contributed by atoms with Crippen LogP contribution in [-0.4, -0.2) is 25.6 Å². The largest absolute Gasteiger partial charge is 0.494 e. The summed E-state index contributed by atoms with van der Waals surface area (Å²) in [5.74, 6) is 0.178. The first kappa shape index (κ1) is 20.1. The molecule has 28 heavy (non-hydrogen) atoms. The first-order valence-corrected chi connectivity index (χ1v) is 10.6. The fourth-order valence-corrected chi connectivity index (χ4v) is 4.40. The molecule has 0 saturated heterocycles. The summed E-state index contributed by atoms with van der Waals surface area (Å²) in [5.41, 5.74) is 2.36. The van der Waals surface area contributed by atoms with Crippen molar-refractivity contribution in [3.63, 3.8) is 0 Å². The highest BCUT2D eigenvalue weighted by Gasteiger charge is 2.22. The predicted octanol–water partition coefficient (Wildman–Crippen LogP) is 5.37. The van der Waals surface area contributed by atoms with Crippen molar-refractivity contribution in [2.45, 2.75) is 19.8 Å². The summed E-state index contributed by atoms with van der Waals surface area (Å²) in [5, 5.41) is 7.17. The molecular weight excluding hydrogens is 394 g/mol. The third kappa shape index (κ3) is 4.99. The summed E-state index contributed by atoms with van der Waals surface area (Å²) >= 11 is 2.86. The van der Waals surface area contributed by atoms with Gasteiger partial charge in [0, 0.05) is 22.2 Å². The molecule has 2 aromatic heterocycles. The van der Waals surface area contributed by atoms with E-state index in [0.717, 1.165) is 16.2 Å². The number of hydrogen-bond donors (Lipinski definition) is 1. The molecule has 2 heterocycles. The smallest absolute Gasteiger partial charge is 0.341 e. The van der Waals surface area contributed by atoms with Crippen LogP contribution in [0, 0.1) is 6.92 Å². The van der Waals surface area contributed by atoms with E-state index < -0.39 is 5.97 Å². The van der Waals surface area contributed by atoms with Gasteiger partial charge in [-0.2, -0.15) is 0 Å². The second-order valence-electron chi connectivity index (χ2n) is 6.14. The molecular formula is C21H21NO4S2. The Kier molecular flexibility index (Phi) is 6.84. The second-order valence-corrected chi connectivity index (χ2v) is 7.96. The van der Waals surface area contributed by atoms with Gasteiger partial charge in [0.15, 0.2) is 0 Å². The minimum atomic E-state index is -0.456. The topological polar surface area (TPSA) is 64.6 Å². The zero-order valence-electron chi connectivity index (χ0n) is 15.7. The summed E-state index contributed by atoms with van der Waals surface area (Å²) in [6.07, 6.45) is 0.884. The maximum Gasteiger partial charge on any atom is 0.341 e. The van der Waals surface area contributed by atoms with Crippen LogP contribution in [0.3, 0.4) is 0 Å². The van der Waals surface area contributed by atoms with E-state index in [1.165, 1.54) is 35.3 Å². The number of carbonyl (C=O) groups is 2. The first-order valence-electron chi connectivity index (χ1n) is 8.81. The van der Waals surface area contributed by atoms with Crippen molar-refractivity contribution in [2.75, 3.05) is 19.0 Å². The molecule has 0 atom stereocenters. The minimum Gasteiger partial charge on any atom is -0.494 e. The van der Waals surface area contributed by atoms with Crippen LogP contribution in [0.15, 0.2) is 47.2 Å². The Morgan fingerprint density at radius 1 is 1.11 bits per heavy atom. The lowest BCUT2D eigenvalue weighted by Gasteiger charge is -2.08. The number of benzene rings is 1. The molecule has 0 saturated carbocycles. The number of anilines is 1. The average molecular weight is 416 g/mol. The Morgan fingerprint density at radius 2 is 1.89 bits per heavy atom. The summed E-state index contributed by atoms with van der Waals surface area (Å²) in [4.78, 5) is 25.5. The SMILES string of the molecule is COC(=O)c1c(-c2cccs2)csc1NC(=O)CCCOc1ccc(C)cc1. The van der Waals surface area contributed by atoms with Gasteiger partial charge in [-0.25, -0.2) is 4.79 Å². The fourth-order valence-electron chi connectivity index (χ4n) is 2.61. The van der Waals surface area contributed by atoms with E-state index in [4.69, 9.17) is 9.47 Å². The highest BCUT2D eigenvalue weighted by molar-refractivity contribution is 7.17. The molecule has 0 aliphatic rings. The number of rotatable bonds is 8. The van der Waals surface area contributed by atoms with E-state index in [9.17, 15) is 9.59 Å². The number of carbonyl (C=O) groups excluding carboxylic acids is 2. The minimum absolute atomic E-state index is 0.155. The number of hydrogen-bond acceptors (Lipinski definition) is 6. The highest BCUT2D eigenvalue weighted by Crippen LogP contribution is 2.38. The first-order chi connectivity index (χ1) is 13.6. The average Bonchev–Trinajstić information content (AvgIpc) is 3.36. The standard InChI is InChI=1S/C21H21NO4S2/c1-14-7-9-15(10-8-14)26-11-3-6-18(23)22-20-19(21(24)25-2)16(13-28-20)17-5-4-12-27-17/h4-5,7-10,12-13H,3,6,11H2,1-2H3,(H,22,23). The molecule has 3 rings (SSSR count). The molecule has 0 aliphatic heterocycles. The molecule has 1 amide bonds. The summed E-state index contributed by atoms with van der Waals surface area (Å²) in [6.45, 7) is 2.47. The number of amides is 1. The van der Waals surface area contributed by atoms with E-state index in [1.54, 1.807) is 0 Å². The Bertz CT molecular complexity index is 930. The third-order valence-electron chi connectivity index (χ3n) is 4.06. The number of esters is 1. The van der Waals surface area contributed by atoms with Crippen molar-refractivity contribution in [1.82, 2.24) is 0 Å². The van der Waals surface area contributed by atoms with Gasteiger partial charge in [-0.3, -0.25) is 4.79 Å². The van der Waals surface area contributed by atoms with Crippen LogP contribution in [-0.2, 0) is 9.53 Å². The summed E-state index contributed by atoms with van der Waals surface area (Å²) in [7, 11) is 1.34. The number of nitrogens with one attached hydrogen (secondary N) is 1.